The maximum atomic E-state index is 12.1. The van der Waals surface area contributed by atoms with E-state index in [1.807, 2.05) is 0 Å². The smallest absolute Gasteiger partial charge is 0.313 e. The Labute approximate surface area is 98.1 Å². The lowest BCUT2D eigenvalue weighted by Gasteiger charge is -2.52. The Morgan fingerprint density at radius 3 is 2.19 bits per heavy atom. The molecule has 3 heteroatoms. The van der Waals surface area contributed by atoms with Gasteiger partial charge in [0.25, 0.3) is 0 Å². The first-order valence-corrected chi connectivity index (χ1v) is 6.36. The van der Waals surface area contributed by atoms with Crippen LogP contribution in [0.1, 0.15) is 38.5 Å². The number of carbonyl (C=O) groups excluding carboxylic acids is 1. The van der Waals surface area contributed by atoms with Crippen LogP contribution in [0.2, 0.25) is 0 Å². The molecule has 0 bridgehead atoms. The van der Waals surface area contributed by atoms with Crippen LogP contribution >= 0.6 is 0 Å². The van der Waals surface area contributed by atoms with Crippen LogP contribution in [0.4, 0.5) is 0 Å². The van der Waals surface area contributed by atoms with Gasteiger partial charge in [0.15, 0.2) is 0 Å². The summed E-state index contributed by atoms with van der Waals surface area (Å²) < 4.78 is 5.04. The summed E-state index contributed by atoms with van der Waals surface area (Å²) in [4.78, 5) is 14.3. The summed E-state index contributed by atoms with van der Waals surface area (Å²) in [6, 6.07) is 0.391. The van der Waals surface area contributed by atoms with Crippen molar-refractivity contribution in [3.05, 3.63) is 0 Å². The highest BCUT2D eigenvalue weighted by molar-refractivity contribution is 5.78. The number of hydrogen-bond donors (Lipinski definition) is 0. The number of rotatable bonds is 4. The fourth-order valence-corrected chi connectivity index (χ4v) is 3.50. The molecule has 0 aliphatic heterocycles. The second kappa shape index (κ2) is 4.36. The van der Waals surface area contributed by atoms with Gasteiger partial charge in [0.05, 0.1) is 12.5 Å². The third-order valence-corrected chi connectivity index (χ3v) is 4.56. The zero-order valence-electron chi connectivity index (χ0n) is 10.7. The van der Waals surface area contributed by atoms with Crippen molar-refractivity contribution < 1.29 is 9.53 Å². The summed E-state index contributed by atoms with van der Waals surface area (Å²) in [5.41, 5.74) is -0.191. The summed E-state index contributed by atoms with van der Waals surface area (Å²) in [5.74, 6) is 0.721. The second-order valence-corrected chi connectivity index (χ2v) is 5.60. The van der Waals surface area contributed by atoms with Gasteiger partial charge in [0.1, 0.15) is 0 Å². The van der Waals surface area contributed by atoms with Crippen LogP contribution in [0.3, 0.4) is 0 Å². The van der Waals surface area contributed by atoms with Crippen molar-refractivity contribution in [3.63, 3.8) is 0 Å². The van der Waals surface area contributed by atoms with Crippen molar-refractivity contribution in [2.24, 2.45) is 11.3 Å². The third kappa shape index (κ3) is 1.65. The van der Waals surface area contributed by atoms with Gasteiger partial charge in [-0.3, -0.25) is 4.79 Å². The van der Waals surface area contributed by atoms with Crippen molar-refractivity contribution in [2.45, 2.75) is 44.6 Å². The van der Waals surface area contributed by atoms with E-state index < -0.39 is 0 Å². The number of nitrogens with zero attached hydrogens (tertiary/aromatic N) is 1. The summed E-state index contributed by atoms with van der Waals surface area (Å²) in [5, 5.41) is 0. The molecule has 0 saturated heterocycles. The van der Waals surface area contributed by atoms with Gasteiger partial charge in [0.2, 0.25) is 0 Å². The maximum absolute atomic E-state index is 12.1. The fraction of sp³-hybridized carbons (Fsp3) is 0.923. The van der Waals surface area contributed by atoms with E-state index in [-0.39, 0.29) is 11.4 Å². The van der Waals surface area contributed by atoms with Gasteiger partial charge < -0.3 is 9.64 Å². The average molecular weight is 225 g/mol. The van der Waals surface area contributed by atoms with Gasteiger partial charge in [-0.25, -0.2) is 0 Å². The van der Waals surface area contributed by atoms with Gasteiger partial charge in [-0.1, -0.05) is 12.8 Å². The molecule has 1 unspecified atom stereocenters. The predicted octanol–water partition coefficient (Wildman–Crippen LogP) is 2.06. The molecule has 2 aliphatic rings. The van der Waals surface area contributed by atoms with Gasteiger partial charge in [-0.05, 0) is 45.7 Å². The molecule has 0 aromatic rings. The molecule has 3 nitrogen and oxygen atoms in total. The minimum Gasteiger partial charge on any atom is -0.469 e. The van der Waals surface area contributed by atoms with E-state index in [4.69, 9.17) is 4.74 Å². The number of ether oxygens (including phenoxy) is 1. The molecule has 0 heterocycles. The molecular weight excluding hydrogens is 202 g/mol. The van der Waals surface area contributed by atoms with E-state index in [1.54, 1.807) is 0 Å². The van der Waals surface area contributed by atoms with E-state index in [2.05, 4.69) is 19.0 Å². The zero-order chi connectivity index (χ0) is 11.8. The SMILES string of the molecule is COC(=O)C1(C(C2CCC2)N(C)C)CCC1. The average Bonchev–Trinajstić information content (AvgIpc) is 2.11. The van der Waals surface area contributed by atoms with E-state index >= 15 is 0 Å². The van der Waals surface area contributed by atoms with Crippen LogP contribution < -0.4 is 0 Å². The molecule has 0 amide bonds. The van der Waals surface area contributed by atoms with Crippen LogP contribution in [-0.4, -0.2) is 38.1 Å². The van der Waals surface area contributed by atoms with Crippen molar-refractivity contribution in [1.29, 1.82) is 0 Å². The lowest BCUT2D eigenvalue weighted by atomic mass is 9.57. The largest absolute Gasteiger partial charge is 0.469 e. The van der Waals surface area contributed by atoms with Crippen molar-refractivity contribution in [1.82, 2.24) is 4.90 Å². The molecule has 2 aliphatic carbocycles. The van der Waals surface area contributed by atoms with E-state index in [0.29, 0.717) is 12.0 Å². The molecule has 0 spiro atoms. The summed E-state index contributed by atoms with van der Waals surface area (Å²) in [7, 11) is 5.73. The normalized spacial score (nSPS) is 25.8. The minimum absolute atomic E-state index is 0.0179. The number of esters is 1. The molecule has 0 aromatic heterocycles. The summed E-state index contributed by atoms with van der Waals surface area (Å²) in [6.45, 7) is 0. The highest BCUT2D eigenvalue weighted by atomic mass is 16.5. The maximum Gasteiger partial charge on any atom is 0.313 e. The lowest BCUT2D eigenvalue weighted by Crippen LogP contribution is -2.58. The molecule has 16 heavy (non-hydrogen) atoms. The topological polar surface area (TPSA) is 29.5 Å². The molecule has 92 valence electrons. The highest BCUT2D eigenvalue weighted by Gasteiger charge is 2.55. The molecule has 0 aromatic carbocycles. The quantitative estimate of drug-likeness (QED) is 0.686. The lowest BCUT2D eigenvalue weighted by molar-refractivity contribution is -0.168. The van der Waals surface area contributed by atoms with Gasteiger partial charge in [0, 0.05) is 6.04 Å². The molecule has 0 radical (unpaired) electrons. The summed E-state index contributed by atoms with van der Waals surface area (Å²) >= 11 is 0. The standard InChI is InChI=1S/C13H23NO2/c1-14(2)11(10-6-4-7-10)13(8-5-9-13)12(15)16-3/h10-11H,4-9H2,1-3H3. The van der Waals surface area contributed by atoms with Crippen LogP contribution in [-0.2, 0) is 9.53 Å². The van der Waals surface area contributed by atoms with Crippen molar-refractivity contribution in [3.8, 4) is 0 Å². The molecule has 2 fully saturated rings. The first kappa shape index (κ1) is 11.9. The second-order valence-electron chi connectivity index (χ2n) is 5.60. The van der Waals surface area contributed by atoms with E-state index in [0.717, 1.165) is 12.8 Å². The van der Waals surface area contributed by atoms with Crippen LogP contribution in [0, 0.1) is 11.3 Å². The van der Waals surface area contributed by atoms with Gasteiger partial charge in [-0.2, -0.15) is 0 Å². The zero-order valence-corrected chi connectivity index (χ0v) is 10.7. The Balaban J connectivity index is 2.18. The Morgan fingerprint density at radius 2 is 1.94 bits per heavy atom. The van der Waals surface area contributed by atoms with Gasteiger partial charge in [-0.15, -0.1) is 0 Å². The molecular formula is C13H23NO2. The Kier molecular flexibility index (Phi) is 3.24. The first-order valence-electron chi connectivity index (χ1n) is 6.36. The monoisotopic (exact) mass is 225 g/mol. The van der Waals surface area contributed by atoms with Crippen LogP contribution in [0.25, 0.3) is 0 Å². The fourth-order valence-electron chi connectivity index (χ4n) is 3.50. The van der Waals surface area contributed by atoms with Crippen LogP contribution in [0.5, 0.6) is 0 Å². The Bertz CT molecular complexity index is 267. The first-order chi connectivity index (χ1) is 7.62. The minimum atomic E-state index is -0.191. The summed E-state index contributed by atoms with van der Waals surface area (Å²) in [6.07, 6.45) is 7.08. The van der Waals surface area contributed by atoms with Crippen LogP contribution in [0.15, 0.2) is 0 Å². The van der Waals surface area contributed by atoms with Crippen molar-refractivity contribution in [2.75, 3.05) is 21.2 Å². The van der Waals surface area contributed by atoms with E-state index in [1.165, 1.54) is 32.8 Å². The van der Waals surface area contributed by atoms with Crippen molar-refractivity contribution >= 4 is 5.97 Å². The number of hydrogen-bond acceptors (Lipinski definition) is 3. The molecule has 1 atom stereocenters. The Morgan fingerprint density at radius 1 is 1.31 bits per heavy atom. The number of methoxy groups -OCH3 is 1. The predicted molar refractivity (Wildman–Crippen MR) is 63.1 cm³/mol. The van der Waals surface area contributed by atoms with Gasteiger partial charge >= 0.3 is 5.97 Å². The van der Waals surface area contributed by atoms with E-state index in [9.17, 15) is 4.79 Å². The third-order valence-electron chi connectivity index (χ3n) is 4.56. The molecule has 2 saturated carbocycles. The molecule has 0 N–H and O–H groups in total. The highest BCUT2D eigenvalue weighted by Crippen LogP contribution is 2.51. The number of carbonyl (C=O) groups is 1. The Hall–Kier alpha value is -0.570. The molecule has 2 rings (SSSR count).